The molecule has 0 unspecified atom stereocenters. The number of aliphatic hydroxyl groups excluding tert-OH is 1. The molecule has 2 N–H and O–H groups in total. The minimum Gasteiger partial charge on any atom is -0.508 e. The molecule has 1 aliphatic heterocycles. The van der Waals surface area contributed by atoms with Crippen LogP contribution in [0.1, 0.15) is 22.8 Å². The van der Waals surface area contributed by atoms with E-state index in [1.54, 1.807) is 67.0 Å². The molecule has 0 amide bonds. The van der Waals surface area contributed by atoms with E-state index in [2.05, 4.69) is 4.98 Å². The summed E-state index contributed by atoms with van der Waals surface area (Å²) in [6.45, 7) is 0.106. The lowest BCUT2D eigenvalue weighted by Gasteiger charge is -2.39. The Morgan fingerprint density at radius 1 is 0.964 bits per heavy atom. The molecule has 2 atom stereocenters. The number of rotatable bonds is 4. The van der Waals surface area contributed by atoms with E-state index < -0.39 is 22.2 Å². The van der Waals surface area contributed by atoms with Crippen LogP contribution in [0.3, 0.4) is 0 Å². The first-order valence-corrected chi connectivity index (χ1v) is 10.4. The van der Waals surface area contributed by atoms with Gasteiger partial charge in [0.05, 0.1) is 17.0 Å². The minimum atomic E-state index is -3.82. The van der Waals surface area contributed by atoms with Crippen molar-refractivity contribution in [3.05, 3.63) is 89.7 Å². The van der Waals surface area contributed by atoms with Gasteiger partial charge in [-0.15, -0.1) is 0 Å². The fourth-order valence-electron chi connectivity index (χ4n) is 3.62. The molecule has 0 saturated heterocycles. The first kappa shape index (κ1) is 18.6. The van der Waals surface area contributed by atoms with E-state index in [9.17, 15) is 18.6 Å². The SMILES string of the molecule is O=S1(=O)c2ccccc2[C@@H](O)[C@@H](Cc2ccccc2O)N1Cc1ccncc1. The molecule has 1 aliphatic rings. The first-order valence-electron chi connectivity index (χ1n) is 8.93. The number of hydrogen-bond acceptors (Lipinski definition) is 5. The maximum absolute atomic E-state index is 13.4. The molecule has 0 saturated carbocycles. The summed E-state index contributed by atoms with van der Waals surface area (Å²) in [5, 5.41) is 21.2. The highest BCUT2D eigenvalue weighted by atomic mass is 32.2. The van der Waals surface area contributed by atoms with E-state index in [4.69, 9.17) is 0 Å². The van der Waals surface area contributed by atoms with E-state index in [0.717, 1.165) is 5.56 Å². The average Bonchev–Trinajstić information content (AvgIpc) is 2.71. The monoisotopic (exact) mass is 396 g/mol. The Balaban J connectivity index is 1.81. The van der Waals surface area contributed by atoms with Crippen LogP contribution in [0.5, 0.6) is 5.75 Å². The van der Waals surface area contributed by atoms with Gasteiger partial charge >= 0.3 is 0 Å². The number of hydrogen-bond donors (Lipinski definition) is 2. The summed E-state index contributed by atoms with van der Waals surface area (Å²) in [4.78, 5) is 4.09. The highest BCUT2D eigenvalue weighted by Crippen LogP contribution is 2.39. The topological polar surface area (TPSA) is 90.7 Å². The molecule has 28 heavy (non-hydrogen) atoms. The van der Waals surface area contributed by atoms with Gasteiger partial charge in [-0.1, -0.05) is 36.4 Å². The van der Waals surface area contributed by atoms with Gasteiger partial charge in [-0.25, -0.2) is 8.42 Å². The molecule has 2 heterocycles. The van der Waals surface area contributed by atoms with Crippen molar-refractivity contribution in [3.63, 3.8) is 0 Å². The largest absolute Gasteiger partial charge is 0.508 e. The molecular formula is C21H20N2O4S. The van der Waals surface area contributed by atoms with Crippen LogP contribution in [0, 0.1) is 0 Å². The van der Waals surface area contributed by atoms with E-state index >= 15 is 0 Å². The fraction of sp³-hybridized carbons (Fsp3) is 0.190. The Labute approximate surface area is 163 Å². The number of nitrogens with zero attached hydrogens (tertiary/aromatic N) is 2. The zero-order valence-electron chi connectivity index (χ0n) is 15.0. The Bertz CT molecular complexity index is 1090. The quantitative estimate of drug-likeness (QED) is 0.708. The Morgan fingerprint density at radius 2 is 1.64 bits per heavy atom. The molecule has 0 spiro atoms. The van der Waals surface area contributed by atoms with Gasteiger partial charge in [0.1, 0.15) is 5.75 Å². The second kappa shape index (κ2) is 7.35. The standard InChI is InChI=1S/C21H20N2O4S/c24-19-7-3-1-5-16(19)13-18-21(25)17-6-2-4-8-20(17)28(26,27)23(18)14-15-9-11-22-12-10-15/h1-12,18,21,24-25H,13-14H2/t18-,21-/m1/s1. The van der Waals surface area contributed by atoms with E-state index in [1.165, 1.54) is 10.4 Å². The molecule has 1 aromatic heterocycles. The number of aliphatic hydroxyl groups is 1. The third-order valence-corrected chi connectivity index (χ3v) is 7.01. The normalized spacial score (nSPS) is 21.2. The number of pyridine rings is 1. The van der Waals surface area contributed by atoms with Crippen molar-refractivity contribution >= 4 is 10.0 Å². The zero-order valence-corrected chi connectivity index (χ0v) is 15.8. The Kier molecular flexibility index (Phi) is 4.89. The van der Waals surface area contributed by atoms with E-state index in [1.807, 2.05) is 0 Å². The maximum atomic E-state index is 13.4. The zero-order chi connectivity index (χ0) is 19.7. The van der Waals surface area contributed by atoms with Crippen LogP contribution < -0.4 is 0 Å². The van der Waals surface area contributed by atoms with Gasteiger partial charge in [0.25, 0.3) is 0 Å². The van der Waals surface area contributed by atoms with Gasteiger partial charge in [0.15, 0.2) is 0 Å². The van der Waals surface area contributed by atoms with E-state index in [0.29, 0.717) is 11.1 Å². The van der Waals surface area contributed by atoms with Gasteiger partial charge < -0.3 is 10.2 Å². The molecule has 2 aromatic carbocycles. The van der Waals surface area contributed by atoms with Crippen molar-refractivity contribution in [2.45, 2.75) is 30.0 Å². The van der Waals surface area contributed by atoms with Crippen LogP contribution >= 0.6 is 0 Å². The lowest BCUT2D eigenvalue weighted by molar-refractivity contribution is 0.0766. The summed E-state index contributed by atoms with van der Waals surface area (Å²) < 4.78 is 28.1. The predicted octanol–water partition coefficient (Wildman–Crippen LogP) is 2.64. The van der Waals surface area contributed by atoms with Crippen molar-refractivity contribution in [2.75, 3.05) is 0 Å². The van der Waals surface area contributed by atoms with Gasteiger partial charge in [0, 0.05) is 24.5 Å². The Morgan fingerprint density at radius 3 is 2.39 bits per heavy atom. The number of fused-ring (bicyclic) bond motifs is 1. The number of aromatic hydroxyl groups is 1. The fourth-order valence-corrected chi connectivity index (χ4v) is 5.48. The smallest absolute Gasteiger partial charge is 0.244 e. The second-order valence-corrected chi connectivity index (χ2v) is 8.65. The number of phenolic OH excluding ortho intramolecular Hbond substituents is 1. The number of para-hydroxylation sites is 1. The number of phenols is 1. The summed E-state index contributed by atoms with van der Waals surface area (Å²) in [6.07, 6.45) is 2.39. The average molecular weight is 396 g/mol. The van der Waals surface area contributed by atoms with Gasteiger partial charge in [0.2, 0.25) is 10.0 Å². The Hall–Kier alpha value is -2.74. The second-order valence-electron chi connectivity index (χ2n) is 6.79. The summed E-state index contributed by atoms with van der Waals surface area (Å²) in [7, 11) is -3.82. The molecule has 0 bridgehead atoms. The third kappa shape index (κ3) is 3.28. The molecule has 0 radical (unpaired) electrons. The molecule has 7 heteroatoms. The van der Waals surface area contributed by atoms with Crippen molar-refractivity contribution in [3.8, 4) is 5.75 Å². The highest BCUT2D eigenvalue weighted by Gasteiger charge is 2.43. The molecule has 6 nitrogen and oxygen atoms in total. The molecule has 0 aliphatic carbocycles. The molecule has 3 aromatic rings. The summed E-state index contributed by atoms with van der Waals surface area (Å²) in [5.41, 5.74) is 1.74. The highest BCUT2D eigenvalue weighted by molar-refractivity contribution is 7.89. The summed E-state index contributed by atoms with van der Waals surface area (Å²) in [5.74, 6) is 0.0785. The van der Waals surface area contributed by atoms with Crippen LogP contribution in [0.15, 0.2) is 78.0 Å². The van der Waals surface area contributed by atoms with Gasteiger partial charge in [-0.2, -0.15) is 4.31 Å². The van der Waals surface area contributed by atoms with Gasteiger partial charge in [-0.3, -0.25) is 4.98 Å². The molecule has 0 fully saturated rings. The van der Waals surface area contributed by atoms with Crippen LogP contribution in [0.25, 0.3) is 0 Å². The van der Waals surface area contributed by atoms with Gasteiger partial charge in [-0.05, 0) is 41.8 Å². The lowest BCUT2D eigenvalue weighted by Crippen LogP contribution is -2.48. The van der Waals surface area contributed by atoms with Crippen LogP contribution in [0.4, 0.5) is 0 Å². The maximum Gasteiger partial charge on any atom is 0.244 e. The number of sulfonamides is 1. The molecule has 4 rings (SSSR count). The first-order chi connectivity index (χ1) is 13.5. The third-order valence-electron chi connectivity index (χ3n) is 5.07. The number of aromatic nitrogens is 1. The van der Waals surface area contributed by atoms with Crippen molar-refractivity contribution in [1.29, 1.82) is 0 Å². The predicted molar refractivity (Wildman–Crippen MR) is 104 cm³/mol. The summed E-state index contributed by atoms with van der Waals surface area (Å²) >= 11 is 0. The number of benzene rings is 2. The van der Waals surface area contributed by atoms with Crippen LogP contribution in [-0.2, 0) is 23.0 Å². The minimum absolute atomic E-state index is 0.0785. The van der Waals surface area contributed by atoms with Crippen LogP contribution in [0.2, 0.25) is 0 Å². The van der Waals surface area contributed by atoms with E-state index in [-0.39, 0.29) is 23.6 Å². The van der Waals surface area contributed by atoms with Crippen LogP contribution in [-0.4, -0.2) is 34.0 Å². The lowest BCUT2D eigenvalue weighted by atomic mass is 9.95. The molecule has 144 valence electrons. The summed E-state index contributed by atoms with van der Waals surface area (Å²) in [6, 6.07) is 16.0. The van der Waals surface area contributed by atoms with Crippen molar-refractivity contribution in [2.24, 2.45) is 0 Å². The van der Waals surface area contributed by atoms with Crippen molar-refractivity contribution < 1.29 is 18.6 Å². The molecular weight excluding hydrogens is 376 g/mol. The van der Waals surface area contributed by atoms with Crippen molar-refractivity contribution in [1.82, 2.24) is 9.29 Å².